The maximum Gasteiger partial charge on any atom is 0.261 e. The van der Waals surface area contributed by atoms with Gasteiger partial charge in [0.2, 0.25) is 5.43 Å². The summed E-state index contributed by atoms with van der Waals surface area (Å²) in [6.45, 7) is 2.39. The van der Waals surface area contributed by atoms with E-state index in [1.807, 2.05) is 11.5 Å². The molecule has 0 bridgehead atoms. The lowest BCUT2D eigenvalue weighted by Gasteiger charge is -2.26. The number of aromatic nitrogens is 1. The molecule has 1 amide bonds. The fourth-order valence-corrected chi connectivity index (χ4v) is 3.36. The molecule has 3 aromatic rings. The second-order valence-electron chi connectivity index (χ2n) is 6.18. The normalized spacial score (nSPS) is 15.6. The summed E-state index contributed by atoms with van der Waals surface area (Å²) in [7, 11) is 0. The van der Waals surface area contributed by atoms with Gasteiger partial charge in [0, 0.05) is 11.9 Å². The van der Waals surface area contributed by atoms with E-state index in [0.29, 0.717) is 23.5 Å². The Bertz CT molecular complexity index is 1090. The van der Waals surface area contributed by atoms with Crippen molar-refractivity contribution in [3.8, 4) is 5.75 Å². The van der Waals surface area contributed by atoms with Gasteiger partial charge in [0.15, 0.2) is 0 Å². The van der Waals surface area contributed by atoms with Crippen LogP contribution in [0.15, 0.2) is 47.4 Å². The first-order chi connectivity index (χ1) is 12.4. The molecule has 2 aromatic carbocycles. The largest absolute Gasteiger partial charge is 0.487 e. The van der Waals surface area contributed by atoms with E-state index in [-0.39, 0.29) is 22.1 Å². The summed E-state index contributed by atoms with van der Waals surface area (Å²) < 4.78 is 20.6. The Morgan fingerprint density at radius 3 is 2.73 bits per heavy atom. The van der Waals surface area contributed by atoms with Crippen LogP contribution < -0.4 is 15.5 Å². The van der Waals surface area contributed by atoms with E-state index >= 15 is 0 Å². The van der Waals surface area contributed by atoms with Crippen molar-refractivity contribution in [2.45, 2.75) is 19.6 Å². The van der Waals surface area contributed by atoms with Gasteiger partial charge in [-0.1, -0.05) is 11.6 Å². The van der Waals surface area contributed by atoms with Crippen LogP contribution in [0.3, 0.4) is 0 Å². The SMILES string of the molecule is CC1Cn2cc(C(=O)Nc3ccc(F)cc3)c(=O)c3c(Cl)ccc(c32)O1. The summed E-state index contributed by atoms with van der Waals surface area (Å²) in [5, 5.41) is 3.13. The fraction of sp³-hybridized carbons (Fsp3) is 0.158. The van der Waals surface area contributed by atoms with Gasteiger partial charge in [-0.25, -0.2) is 4.39 Å². The number of carbonyl (C=O) groups excluding carboxylic acids is 1. The first kappa shape index (κ1) is 16.6. The molecule has 26 heavy (non-hydrogen) atoms. The van der Waals surface area contributed by atoms with E-state index in [0.717, 1.165) is 0 Å². The molecule has 7 heteroatoms. The summed E-state index contributed by atoms with van der Waals surface area (Å²) in [5.41, 5.74) is 0.473. The van der Waals surface area contributed by atoms with E-state index in [2.05, 4.69) is 5.32 Å². The van der Waals surface area contributed by atoms with Gasteiger partial charge in [-0.2, -0.15) is 0 Å². The minimum Gasteiger partial charge on any atom is -0.487 e. The van der Waals surface area contributed by atoms with Crippen LogP contribution in [0.25, 0.3) is 10.9 Å². The molecule has 2 heterocycles. The molecule has 0 saturated carbocycles. The highest BCUT2D eigenvalue weighted by molar-refractivity contribution is 6.35. The summed E-state index contributed by atoms with van der Waals surface area (Å²) in [6.07, 6.45) is 1.41. The van der Waals surface area contributed by atoms with E-state index in [1.54, 1.807) is 12.1 Å². The summed E-state index contributed by atoms with van der Waals surface area (Å²) in [5.74, 6) is -0.426. The van der Waals surface area contributed by atoms with Crippen molar-refractivity contribution >= 4 is 34.1 Å². The van der Waals surface area contributed by atoms with E-state index in [1.165, 1.54) is 30.5 Å². The van der Waals surface area contributed by atoms with Crippen LogP contribution >= 0.6 is 11.6 Å². The molecule has 0 saturated heterocycles. The zero-order chi connectivity index (χ0) is 18.4. The average molecular weight is 373 g/mol. The molecular formula is C19H14ClFN2O3. The van der Waals surface area contributed by atoms with Gasteiger partial charge in [-0.3, -0.25) is 9.59 Å². The third-order valence-corrected chi connectivity index (χ3v) is 4.58. The fourth-order valence-electron chi connectivity index (χ4n) is 3.13. The topological polar surface area (TPSA) is 60.3 Å². The lowest BCUT2D eigenvalue weighted by atomic mass is 10.1. The number of benzene rings is 2. The number of anilines is 1. The molecule has 4 rings (SSSR count). The van der Waals surface area contributed by atoms with E-state index < -0.39 is 17.2 Å². The van der Waals surface area contributed by atoms with Crippen LogP contribution in [0.1, 0.15) is 17.3 Å². The van der Waals surface area contributed by atoms with Crippen molar-refractivity contribution in [1.29, 1.82) is 0 Å². The standard InChI is InChI=1S/C19H14ClFN2O3/c1-10-8-23-9-13(19(25)22-12-4-2-11(21)3-5-12)18(24)16-14(20)6-7-15(26-10)17(16)23/h2-7,9-10H,8H2,1H3,(H,22,25). The van der Waals surface area contributed by atoms with Crippen LogP contribution in [-0.4, -0.2) is 16.6 Å². The molecule has 1 N–H and O–H groups in total. The Hall–Kier alpha value is -2.86. The summed E-state index contributed by atoms with van der Waals surface area (Å²) >= 11 is 6.24. The van der Waals surface area contributed by atoms with Crippen LogP contribution in [0.4, 0.5) is 10.1 Å². The molecule has 1 aliphatic rings. The van der Waals surface area contributed by atoms with Gasteiger partial charge in [0.25, 0.3) is 5.91 Å². The van der Waals surface area contributed by atoms with Crippen LogP contribution in [0, 0.1) is 5.82 Å². The van der Waals surface area contributed by atoms with Crippen molar-refractivity contribution < 1.29 is 13.9 Å². The number of amides is 1. The van der Waals surface area contributed by atoms with Gasteiger partial charge in [0.1, 0.15) is 23.2 Å². The Labute approximate surface area is 153 Å². The molecule has 132 valence electrons. The van der Waals surface area contributed by atoms with Gasteiger partial charge < -0.3 is 14.6 Å². The van der Waals surface area contributed by atoms with Gasteiger partial charge >= 0.3 is 0 Å². The Kier molecular flexibility index (Phi) is 3.92. The summed E-state index contributed by atoms with van der Waals surface area (Å²) in [6, 6.07) is 8.62. The molecule has 1 unspecified atom stereocenters. The lowest BCUT2D eigenvalue weighted by molar-refractivity contribution is 0.102. The van der Waals surface area contributed by atoms with Gasteiger partial charge in [-0.05, 0) is 43.3 Å². The zero-order valence-electron chi connectivity index (χ0n) is 13.8. The van der Waals surface area contributed by atoms with Crippen molar-refractivity contribution in [1.82, 2.24) is 4.57 Å². The number of rotatable bonds is 2. The third-order valence-electron chi connectivity index (χ3n) is 4.26. The second-order valence-corrected chi connectivity index (χ2v) is 6.59. The van der Waals surface area contributed by atoms with Crippen molar-refractivity contribution in [2.24, 2.45) is 0 Å². The van der Waals surface area contributed by atoms with E-state index in [4.69, 9.17) is 16.3 Å². The number of hydrogen-bond acceptors (Lipinski definition) is 3. The number of carbonyl (C=O) groups is 1. The number of nitrogens with zero attached hydrogens (tertiary/aromatic N) is 1. The highest BCUT2D eigenvalue weighted by Gasteiger charge is 2.24. The number of hydrogen-bond donors (Lipinski definition) is 1. The molecule has 0 spiro atoms. The van der Waals surface area contributed by atoms with Crippen molar-refractivity contribution in [3.63, 3.8) is 0 Å². The first-order valence-electron chi connectivity index (χ1n) is 8.03. The Balaban J connectivity index is 1.85. The van der Waals surface area contributed by atoms with Gasteiger partial charge in [0.05, 0.1) is 22.5 Å². The molecule has 0 aliphatic carbocycles. The van der Waals surface area contributed by atoms with Crippen molar-refractivity contribution in [2.75, 3.05) is 5.32 Å². The van der Waals surface area contributed by atoms with Crippen LogP contribution in [0.5, 0.6) is 5.75 Å². The highest BCUT2D eigenvalue weighted by atomic mass is 35.5. The minimum absolute atomic E-state index is 0.0324. The average Bonchev–Trinajstić information content (AvgIpc) is 2.61. The van der Waals surface area contributed by atoms with Gasteiger partial charge in [-0.15, -0.1) is 0 Å². The Morgan fingerprint density at radius 1 is 1.27 bits per heavy atom. The molecule has 0 radical (unpaired) electrons. The first-order valence-corrected chi connectivity index (χ1v) is 8.41. The minimum atomic E-state index is -0.576. The predicted molar refractivity (Wildman–Crippen MR) is 97.7 cm³/mol. The molecule has 0 fully saturated rings. The maximum absolute atomic E-state index is 13.0. The maximum atomic E-state index is 13.0. The van der Waals surface area contributed by atoms with Crippen molar-refractivity contribution in [3.05, 3.63) is 69.2 Å². The number of halogens is 2. The Morgan fingerprint density at radius 2 is 2.00 bits per heavy atom. The molecule has 1 atom stereocenters. The second kappa shape index (κ2) is 6.14. The zero-order valence-corrected chi connectivity index (χ0v) is 14.5. The predicted octanol–water partition coefficient (Wildman–Crippen LogP) is 3.83. The summed E-state index contributed by atoms with van der Waals surface area (Å²) in [4.78, 5) is 25.5. The number of ether oxygens (including phenoxy) is 1. The number of nitrogens with one attached hydrogen (secondary N) is 1. The molecular weight excluding hydrogens is 359 g/mol. The molecule has 5 nitrogen and oxygen atoms in total. The van der Waals surface area contributed by atoms with E-state index in [9.17, 15) is 14.0 Å². The molecule has 1 aromatic heterocycles. The quantitative estimate of drug-likeness (QED) is 0.743. The highest BCUT2D eigenvalue weighted by Crippen LogP contribution is 2.33. The smallest absolute Gasteiger partial charge is 0.261 e. The monoisotopic (exact) mass is 372 g/mol. The third kappa shape index (κ3) is 2.72. The lowest BCUT2D eigenvalue weighted by Crippen LogP contribution is -2.30. The number of pyridine rings is 1. The molecule has 1 aliphatic heterocycles. The van der Waals surface area contributed by atoms with Crippen LogP contribution in [0.2, 0.25) is 5.02 Å². The van der Waals surface area contributed by atoms with Crippen LogP contribution in [-0.2, 0) is 6.54 Å².